The second kappa shape index (κ2) is 5.12. The van der Waals surface area contributed by atoms with Crippen LogP contribution in [0.2, 0.25) is 0 Å². The Balaban J connectivity index is 1.96. The summed E-state index contributed by atoms with van der Waals surface area (Å²) in [5.74, 6) is 1.50. The molecule has 3 heterocycles. The van der Waals surface area contributed by atoms with Crippen molar-refractivity contribution in [2.45, 2.75) is 19.8 Å². The van der Waals surface area contributed by atoms with Crippen LogP contribution < -0.4 is 0 Å². The van der Waals surface area contributed by atoms with Crippen LogP contribution >= 0.6 is 0 Å². The highest BCUT2D eigenvalue weighted by atomic mass is 19.1. The minimum absolute atomic E-state index is 0.336. The molecule has 0 fully saturated rings. The average Bonchev–Trinajstić information content (AvgIpc) is 2.95. The van der Waals surface area contributed by atoms with E-state index in [-0.39, 0.29) is 5.82 Å². The maximum atomic E-state index is 13.5. The Morgan fingerprint density at radius 2 is 2.00 bits per heavy atom. The highest BCUT2D eigenvalue weighted by molar-refractivity contribution is 5.74. The quantitative estimate of drug-likeness (QED) is 0.727. The molecule has 5 heteroatoms. The van der Waals surface area contributed by atoms with Crippen molar-refractivity contribution in [2.75, 3.05) is 0 Å². The Kier molecular flexibility index (Phi) is 3.08. The lowest BCUT2D eigenvalue weighted by molar-refractivity contribution is 0.622. The number of rotatable bonds is 2. The van der Waals surface area contributed by atoms with E-state index in [9.17, 15) is 4.39 Å². The predicted molar refractivity (Wildman–Crippen MR) is 86.8 cm³/mol. The number of nitrogens with zero attached hydrogens (tertiary/aromatic N) is 4. The van der Waals surface area contributed by atoms with E-state index in [1.165, 1.54) is 17.8 Å². The molecule has 4 nitrogen and oxygen atoms in total. The van der Waals surface area contributed by atoms with Gasteiger partial charge in [-0.3, -0.25) is 9.55 Å². The third kappa shape index (κ3) is 2.16. The van der Waals surface area contributed by atoms with Gasteiger partial charge in [-0.25, -0.2) is 4.39 Å². The first-order valence-corrected chi connectivity index (χ1v) is 7.49. The van der Waals surface area contributed by atoms with Crippen molar-refractivity contribution >= 4 is 6.08 Å². The first-order chi connectivity index (χ1) is 11.2. The molecule has 0 N–H and O–H groups in total. The van der Waals surface area contributed by atoms with Crippen LogP contribution in [0.4, 0.5) is 4.39 Å². The zero-order valence-electron chi connectivity index (χ0n) is 12.8. The van der Waals surface area contributed by atoms with E-state index in [4.69, 9.17) is 0 Å². The van der Waals surface area contributed by atoms with Gasteiger partial charge in [0, 0.05) is 18.2 Å². The zero-order chi connectivity index (χ0) is 16.0. The van der Waals surface area contributed by atoms with Gasteiger partial charge in [-0.2, -0.15) is 0 Å². The number of halogens is 1. The number of pyridine rings is 1. The van der Waals surface area contributed by atoms with E-state index in [0.29, 0.717) is 0 Å². The molecule has 3 aromatic rings. The number of hydrogen-bond acceptors (Lipinski definition) is 3. The Hall–Kier alpha value is -2.82. The van der Waals surface area contributed by atoms with Gasteiger partial charge in [-0.1, -0.05) is 12.7 Å². The van der Waals surface area contributed by atoms with Crippen LogP contribution in [0.5, 0.6) is 0 Å². The van der Waals surface area contributed by atoms with Crippen molar-refractivity contribution in [3.63, 3.8) is 0 Å². The van der Waals surface area contributed by atoms with Crippen molar-refractivity contribution < 1.29 is 4.39 Å². The fourth-order valence-electron chi connectivity index (χ4n) is 3.18. The summed E-state index contributed by atoms with van der Waals surface area (Å²) in [6.45, 7) is 5.88. The van der Waals surface area contributed by atoms with Crippen molar-refractivity contribution in [1.29, 1.82) is 0 Å². The lowest BCUT2D eigenvalue weighted by Crippen LogP contribution is -2.15. The SMILES string of the molecule is C=Cc1cc(-c2cncc(F)c2)cc2c1-n1c(C)nnc1CC2. The third-order valence-electron chi connectivity index (χ3n) is 4.21. The van der Waals surface area contributed by atoms with Gasteiger partial charge in [0.25, 0.3) is 0 Å². The van der Waals surface area contributed by atoms with Gasteiger partial charge in [0.1, 0.15) is 17.5 Å². The largest absolute Gasteiger partial charge is 0.282 e. The molecule has 0 amide bonds. The molecule has 0 unspecified atom stereocenters. The molecule has 114 valence electrons. The van der Waals surface area contributed by atoms with E-state index >= 15 is 0 Å². The average molecular weight is 306 g/mol. The van der Waals surface area contributed by atoms with Crippen molar-refractivity contribution in [3.05, 3.63) is 65.8 Å². The van der Waals surface area contributed by atoms with Crippen molar-refractivity contribution in [1.82, 2.24) is 19.7 Å². The molecule has 0 saturated heterocycles. The maximum absolute atomic E-state index is 13.5. The summed E-state index contributed by atoms with van der Waals surface area (Å²) >= 11 is 0. The number of hydrogen-bond donors (Lipinski definition) is 0. The van der Waals surface area contributed by atoms with Gasteiger partial charge in [-0.05, 0) is 48.2 Å². The molecule has 0 bridgehead atoms. The molecular weight excluding hydrogens is 291 g/mol. The molecule has 2 aromatic heterocycles. The second-order valence-corrected chi connectivity index (χ2v) is 5.67. The smallest absolute Gasteiger partial charge is 0.142 e. The Morgan fingerprint density at radius 3 is 2.78 bits per heavy atom. The summed E-state index contributed by atoms with van der Waals surface area (Å²) in [5.41, 5.74) is 4.97. The van der Waals surface area contributed by atoms with Gasteiger partial charge in [-0.15, -0.1) is 10.2 Å². The van der Waals surface area contributed by atoms with Crippen LogP contribution in [-0.2, 0) is 12.8 Å². The predicted octanol–water partition coefficient (Wildman–Crippen LogP) is 3.52. The molecule has 1 aromatic carbocycles. The van der Waals surface area contributed by atoms with E-state index in [1.807, 2.05) is 19.1 Å². The van der Waals surface area contributed by atoms with Crippen LogP contribution in [0.1, 0.15) is 22.8 Å². The maximum Gasteiger partial charge on any atom is 0.142 e. The first kappa shape index (κ1) is 13.8. The van der Waals surface area contributed by atoms with Gasteiger partial charge >= 0.3 is 0 Å². The van der Waals surface area contributed by atoms with Crippen molar-refractivity contribution in [3.8, 4) is 16.8 Å². The van der Waals surface area contributed by atoms with Crippen LogP contribution in [0, 0.1) is 12.7 Å². The van der Waals surface area contributed by atoms with Gasteiger partial charge < -0.3 is 0 Å². The Labute approximate surface area is 133 Å². The molecule has 4 rings (SSSR count). The normalized spacial score (nSPS) is 12.6. The minimum atomic E-state index is -0.336. The zero-order valence-corrected chi connectivity index (χ0v) is 12.8. The van der Waals surface area contributed by atoms with E-state index < -0.39 is 0 Å². The summed E-state index contributed by atoms with van der Waals surface area (Å²) in [5, 5.41) is 8.43. The lowest BCUT2D eigenvalue weighted by atomic mass is 9.93. The van der Waals surface area contributed by atoms with Gasteiger partial charge in [0.05, 0.1) is 11.9 Å². The van der Waals surface area contributed by atoms with Gasteiger partial charge in [0.2, 0.25) is 0 Å². The minimum Gasteiger partial charge on any atom is -0.282 e. The lowest BCUT2D eigenvalue weighted by Gasteiger charge is -2.22. The van der Waals surface area contributed by atoms with Crippen LogP contribution in [0.25, 0.3) is 22.9 Å². The fraction of sp³-hybridized carbons (Fsp3) is 0.167. The second-order valence-electron chi connectivity index (χ2n) is 5.67. The summed E-state index contributed by atoms with van der Waals surface area (Å²) < 4.78 is 15.6. The molecule has 0 atom stereocenters. The summed E-state index contributed by atoms with van der Waals surface area (Å²) in [4.78, 5) is 3.94. The van der Waals surface area contributed by atoms with E-state index in [0.717, 1.165) is 46.9 Å². The molecule has 1 aliphatic rings. The molecular formula is C18H15FN4. The summed E-state index contributed by atoms with van der Waals surface area (Å²) in [6, 6.07) is 5.61. The van der Waals surface area contributed by atoms with Crippen LogP contribution in [-0.4, -0.2) is 19.7 Å². The van der Waals surface area contributed by atoms with Gasteiger partial charge in [0.15, 0.2) is 0 Å². The highest BCUT2D eigenvalue weighted by Crippen LogP contribution is 2.33. The van der Waals surface area contributed by atoms with Crippen LogP contribution in [0.3, 0.4) is 0 Å². The first-order valence-electron chi connectivity index (χ1n) is 7.49. The number of aromatic nitrogens is 4. The molecule has 0 aliphatic carbocycles. The standard InChI is InChI=1S/C18H15FN4/c1-3-12-6-14(15-8-16(19)10-20-9-15)7-13-4-5-17-22-21-11(2)23(17)18(12)13/h3,6-10H,1,4-5H2,2H3. The van der Waals surface area contributed by atoms with Crippen LogP contribution in [0.15, 0.2) is 37.2 Å². The van der Waals surface area contributed by atoms with E-state index in [2.05, 4.69) is 32.4 Å². The monoisotopic (exact) mass is 306 g/mol. The number of aryl methyl sites for hydroxylation is 3. The number of benzene rings is 1. The fourth-order valence-corrected chi connectivity index (χ4v) is 3.18. The molecule has 0 saturated carbocycles. The molecule has 0 spiro atoms. The topological polar surface area (TPSA) is 43.6 Å². The highest BCUT2D eigenvalue weighted by Gasteiger charge is 2.22. The van der Waals surface area contributed by atoms with E-state index in [1.54, 1.807) is 6.20 Å². The Bertz CT molecular complexity index is 927. The summed E-state index contributed by atoms with van der Waals surface area (Å²) in [7, 11) is 0. The molecule has 23 heavy (non-hydrogen) atoms. The Morgan fingerprint density at radius 1 is 1.13 bits per heavy atom. The summed E-state index contributed by atoms with van der Waals surface area (Å²) in [6.07, 6.45) is 6.43. The third-order valence-corrected chi connectivity index (χ3v) is 4.21. The molecule has 0 radical (unpaired) electrons. The number of fused-ring (bicyclic) bond motifs is 3. The molecule has 1 aliphatic heterocycles. The van der Waals surface area contributed by atoms with Crippen molar-refractivity contribution in [2.24, 2.45) is 0 Å².